The van der Waals surface area contributed by atoms with Gasteiger partial charge in [0, 0.05) is 0 Å². The number of carboxylic acid groups (broad SMARTS) is 1. The minimum Gasteiger partial charge on any atom is -0.490 e. The number of carboxylic acids is 1. The lowest BCUT2D eigenvalue weighted by molar-refractivity contribution is -0.139. The van der Waals surface area contributed by atoms with Crippen molar-refractivity contribution in [2.75, 3.05) is 20.3 Å². The van der Waals surface area contributed by atoms with Gasteiger partial charge in [-0.25, -0.2) is 0 Å². The first-order valence-corrected chi connectivity index (χ1v) is 6.91. The summed E-state index contributed by atoms with van der Waals surface area (Å²) in [5.41, 5.74) is 0.972. The summed E-state index contributed by atoms with van der Waals surface area (Å²) in [5.74, 6) is 0.590. The zero-order valence-corrected chi connectivity index (χ0v) is 12.3. The molecular formula is C15H23NO4. The summed E-state index contributed by atoms with van der Waals surface area (Å²) in [4.78, 5) is 11.0. The van der Waals surface area contributed by atoms with Crippen molar-refractivity contribution in [1.82, 2.24) is 5.32 Å². The van der Waals surface area contributed by atoms with Gasteiger partial charge in [0.25, 0.3) is 0 Å². The molecule has 0 heterocycles. The highest BCUT2D eigenvalue weighted by atomic mass is 16.5. The topological polar surface area (TPSA) is 67.8 Å². The van der Waals surface area contributed by atoms with E-state index >= 15 is 0 Å². The molecule has 0 saturated heterocycles. The second-order valence-corrected chi connectivity index (χ2v) is 4.33. The molecule has 1 aromatic rings. The molecule has 1 aromatic carbocycles. The predicted octanol–water partition coefficient (Wildman–Crippen LogP) is 2.09. The number of ether oxygens (including phenoxy) is 2. The number of hydrogen-bond donors (Lipinski definition) is 2. The number of rotatable bonds is 9. The Hall–Kier alpha value is -1.75. The molecule has 20 heavy (non-hydrogen) atoms. The van der Waals surface area contributed by atoms with Crippen LogP contribution in [0.4, 0.5) is 0 Å². The number of nitrogens with one attached hydrogen (secondary N) is 1. The normalized spacial score (nSPS) is 11.9. The molecule has 5 nitrogen and oxygen atoms in total. The van der Waals surface area contributed by atoms with Crippen LogP contribution >= 0.6 is 0 Å². The molecule has 0 aliphatic carbocycles. The van der Waals surface area contributed by atoms with Crippen LogP contribution in [0.3, 0.4) is 0 Å². The lowest BCUT2D eigenvalue weighted by Gasteiger charge is -2.16. The molecule has 0 aliphatic rings. The minimum absolute atomic E-state index is 0.501. The van der Waals surface area contributed by atoms with Crippen LogP contribution in [-0.4, -0.2) is 37.4 Å². The zero-order chi connectivity index (χ0) is 15.0. The second kappa shape index (κ2) is 8.43. The molecule has 0 aliphatic heterocycles. The van der Waals surface area contributed by atoms with Crippen molar-refractivity contribution in [3.05, 3.63) is 23.8 Å². The molecule has 0 aromatic heterocycles. The molecule has 112 valence electrons. The number of benzene rings is 1. The fraction of sp³-hybridized carbons (Fsp3) is 0.533. The molecule has 0 spiro atoms. The van der Waals surface area contributed by atoms with E-state index < -0.39 is 12.0 Å². The number of carbonyl (C=O) groups is 1. The van der Waals surface area contributed by atoms with Gasteiger partial charge in [0.05, 0.1) is 13.2 Å². The monoisotopic (exact) mass is 281 g/mol. The van der Waals surface area contributed by atoms with Gasteiger partial charge >= 0.3 is 5.97 Å². The maximum absolute atomic E-state index is 11.0. The van der Waals surface area contributed by atoms with E-state index in [2.05, 4.69) is 5.32 Å². The molecular weight excluding hydrogens is 258 g/mol. The van der Waals surface area contributed by atoms with Crippen molar-refractivity contribution < 1.29 is 19.4 Å². The number of para-hydroxylation sites is 1. The SMILES string of the molecule is CCOc1cccc(CCC(NC)C(=O)O)c1OCC. The first kappa shape index (κ1) is 16.3. The van der Waals surface area contributed by atoms with Crippen molar-refractivity contribution in [3.63, 3.8) is 0 Å². The lowest BCUT2D eigenvalue weighted by Crippen LogP contribution is -2.34. The number of hydrogen-bond acceptors (Lipinski definition) is 4. The van der Waals surface area contributed by atoms with Crippen LogP contribution in [0.2, 0.25) is 0 Å². The highest BCUT2D eigenvalue weighted by Crippen LogP contribution is 2.32. The summed E-state index contributed by atoms with van der Waals surface area (Å²) in [5, 5.41) is 11.8. The number of aryl methyl sites for hydroxylation is 1. The molecule has 0 bridgehead atoms. The molecule has 0 amide bonds. The Morgan fingerprint density at radius 2 is 2.00 bits per heavy atom. The Labute approximate surface area is 119 Å². The van der Waals surface area contributed by atoms with Gasteiger partial charge in [0.2, 0.25) is 0 Å². The lowest BCUT2D eigenvalue weighted by atomic mass is 10.0. The standard InChI is InChI=1S/C15H23NO4/c1-4-19-13-8-6-7-11(14(13)20-5-2)9-10-12(16-3)15(17)18/h6-8,12,16H,4-5,9-10H2,1-3H3,(H,17,18). The highest BCUT2D eigenvalue weighted by Gasteiger charge is 2.17. The van der Waals surface area contributed by atoms with Gasteiger partial charge in [-0.15, -0.1) is 0 Å². The van der Waals surface area contributed by atoms with Crippen molar-refractivity contribution in [2.24, 2.45) is 0 Å². The molecule has 1 rings (SSSR count). The van der Waals surface area contributed by atoms with Crippen molar-refractivity contribution in [3.8, 4) is 11.5 Å². The fourth-order valence-corrected chi connectivity index (χ4v) is 2.03. The Morgan fingerprint density at radius 1 is 1.30 bits per heavy atom. The summed E-state index contributed by atoms with van der Waals surface area (Å²) >= 11 is 0. The van der Waals surface area contributed by atoms with Gasteiger partial charge < -0.3 is 19.9 Å². The Balaban J connectivity index is 2.87. The van der Waals surface area contributed by atoms with Crippen LogP contribution in [0, 0.1) is 0 Å². The third kappa shape index (κ3) is 4.42. The maximum atomic E-state index is 11.0. The quantitative estimate of drug-likeness (QED) is 0.725. The van der Waals surface area contributed by atoms with Crippen LogP contribution in [0.5, 0.6) is 11.5 Å². The molecule has 0 fully saturated rings. The summed E-state index contributed by atoms with van der Waals surface area (Å²) in [7, 11) is 1.65. The summed E-state index contributed by atoms with van der Waals surface area (Å²) in [6, 6.07) is 5.16. The highest BCUT2D eigenvalue weighted by molar-refractivity contribution is 5.73. The number of likely N-dealkylation sites (N-methyl/N-ethyl adjacent to an activating group) is 1. The van der Waals surface area contributed by atoms with Crippen LogP contribution in [-0.2, 0) is 11.2 Å². The van der Waals surface area contributed by atoms with E-state index in [9.17, 15) is 4.79 Å². The van der Waals surface area contributed by atoms with Gasteiger partial charge in [0.1, 0.15) is 6.04 Å². The summed E-state index contributed by atoms with van der Waals surface area (Å²) < 4.78 is 11.2. The van der Waals surface area contributed by atoms with Crippen LogP contribution in [0.1, 0.15) is 25.8 Å². The van der Waals surface area contributed by atoms with Gasteiger partial charge in [-0.2, -0.15) is 0 Å². The van der Waals surface area contributed by atoms with Crippen LogP contribution < -0.4 is 14.8 Å². The average Bonchev–Trinajstić information content (AvgIpc) is 2.42. The molecule has 2 N–H and O–H groups in total. The first-order chi connectivity index (χ1) is 9.63. The third-order valence-electron chi connectivity index (χ3n) is 3.00. The van der Waals surface area contributed by atoms with E-state index in [1.54, 1.807) is 7.05 Å². The summed E-state index contributed by atoms with van der Waals surface area (Å²) in [6.07, 6.45) is 1.12. The second-order valence-electron chi connectivity index (χ2n) is 4.33. The first-order valence-electron chi connectivity index (χ1n) is 6.91. The van der Waals surface area contributed by atoms with Crippen LogP contribution in [0.25, 0.3) is 0 Å². The third-order valence-corrected chi connectivity index (χ3v) is 3.00. The Bertz CT molecular complexity index is 434. The van der Waals surface area contributed by atoms with E-state index in [0.717, 1.165) is 11.3 Å². The van der Waals surface area contributed by atoms with Gasteiger partial charge in [0.15, 0.2) is 11.5 Å². The predicted molar refractivity (Wildman–Crippen MR) is 77.6 cm³/mol. The van der Waals surface area contributed by atoms with Crippen molar-refractivity contribution in [2.45, 2.75) is 32.7 Å². The largest absolute Gasteiger partial charge is 0.490 e. The smallest absolute Gasteiger partial charge is 0.320 e. The van der Waals surface area contributed by atoms with E-state index in [1.807, 2.05) is 32.0 Å². The molecule has 0 radical (unpaired) electrons. The molecule has 1 unspecified atom stereocenters. The Kier molecular flexibility index (Phi) is 6.87. The molecule has 5 heteroatoms. The maximum Gasteiger partial charge on any atom is 0.320 e. The fourth-order valence-electron chi connectivity index (χ4n) is 2.03. The molecule has 1 atom stereocenters. The van der Waals surface area contributed by atoms with E-state index in [4.69, 9.17) is 14.6 Å². The van der Waals surface area contributed by atoms with Gasteiger partial charge in [-0.3, -0.25) is 4.79 Å². The summed E-state index contributed by atoms with van der Waals surface area (Å²) in [6.45, 7) is 4.95. The average molecular weight is 281 g/mol. The van der Waals surface area contributed by atoms with Gasteiger partial charge in [-0.05, 0) is 45.4 Å². The van der Waals surface area contributed by atoms with Crippen molar-refractivity contribution >= 4 is 5.97 Å². The van der Waals surface area contributed by atoms with Gasteiger partial charge in [-0.1, -0.05) is 12.1 Å². The van der Waals surface area contributed by atoms with E-state index in [0.29, 0.717) is 31.8 Å². The van der Waals surface area contributed by atoms with Crippen LogP contribution in [0.15, 0.2) is 18.2 Å². The zero-order valence-electron chi connectivity index (χ0n) is 12.3. The number of aliphatic carboxylic acids is 1. The Morgan fingerprint density at radius 3 is 2.55 bits per heavy atom. The van der Waals surface area contributed by atoms with E-state index in [-0.39, 0.29) is 0 Å². The van der Waals surface area contributed by atoms with Crippen molar-refractivity contribution in [1.29, 1.82) is 0 Å². The van der Waals surface area contributed by atoms with E-state index in [1.165, 1.54) is 0 Å². The minimum atomic E-state index is -0.841. The molecule has 0 saturated carbocycles.